The second kappa shape index (κ2) is 8.66. The van der Waals surface area contributed by atoms with Gasteiger partial charge in [0.15, 0.2) is 15.8 Å². The number of hydrogen-bond donors (Lipinski definition) is 2. The van der Waals surface area contributed by atoms with Crippen LogP contribution >= 0.6 is 15.9 Å². The summed E-state index contributed by atoms with van der Waals surface area (Å²) in [5.74, 6) is 0.631. The maximum absolute atomic E-state index is 11.8. The monoisotopic (exact) mass is 430 g/mol. The predicted molar refractivity (Wildman–Crippen MR) is 102 cm³/mol. The third-order valence-electron chi connectivity index (χ3n) is 3.81. The third-order valence-corrected chi connectivity index (χ3v) is 6.11. The summed E-state index contributed by atoms with van der Waals surface area (Å²) in [6.07, 6.45) is 0.545. The molecule has 0 aliphatic carbocycles. The van der Waals surface area contributed by atoms with Crippen LogP contribution in [0.3, 0.4) is 0 Å². The molecule has 0 aromatic heterocycles. The first-order chi connectivity index (χ1) is 11.7. The van der Waals surface area contributed by atoms with Gasteiger partial charge in [0.2, 0.25) is 5.91 Å². The van der Waals surface area contributed by atoms with Crippen molar-refractivity contribution < 1.29 is 13.2 Å². The number of nitrogens with one attached hydrogen (secondary N) is 2. The van der Waals surface area contributed by atoms with Gasteiger partial charge < -0.3 is 15.5 Å². The van der Waals surface area contributed by atoms with Crippen molar-refractivity contribution in [1.82, 2.24) is 15.5 Å². The van der Waals surface area contributed by atoms with Crippen LogP contribution in [0.15, 0.2) is 33.7 Å². The molecular weight excluding hydrogens is 408 g/mol. The first-order valence-electron chi connectivity index (χ1n) is 7.95. The zero-order valence-electron chi connectivity index (χ0n) is 14.3. The minimum absolute atomic E-state index is 0.0859. The van der Waals surface area contributed by atoms with E-state index in [1.807, 2.05) is 24.3 Å². The maximum Gasteiger partial charge on any atom is 0.241 e. The van der Waals surface area contributed by atoms with Gasteiger partial charge in [-0.1, -0.05) is 28.1 Å². The number of nitrogens with zero attached hydrogens (tertiary/aromatic N) is 2. The molecule has 1 aromatic carbocycles. The summed E-state index contributed by atoms with van der Waals surface area (Å²) in [4.78, 5) is 17.7. The molecule has 1 aliphatic rings. The molecule has 2 rings (SSSR count). The van der Waals surface area contributed by atoms with Crippen LogP contribution in [0.25, 0.3) is 0 Å². The number of guanidine groups is 1. The van der Waals surface area contributed by atoms with Gasteiger partial charge >= 0.3 is 0 Å². The molecule has 0 saturated carbocycles. The molecule has 9 heteroatoms. The van der Waals surface area contributed by atoms with Crippen LogP contribution in [0.4, 0.5) is 0 Å². The average molecular weight is 431 g/mol. The van der Waals surface area contributed by atoms with Gasteiger partial charge in [-0.15, -0.1) is 0 Å². The van der Waals surface area contributed by atoms with E-state index in [9.17, 15) is 13.2 Å². The summed E-state index contributed by atoms with van der Waals surface area (Å²) in [7, 11) is 0.377. The highest BCUT2D eigenvalue weighted by Gasteiger charge is 2.28. The highest BCUT2D eigenvalue weighted by Crippen LogP contribution is 2.12. The second-order valence-electron chi connectivity index (χ2n) is 6.18. The van der Waals surface area contributed by atoms with Gasteiger partial charge in [0.1, 0.15) is 0 Å². The first-order valence-corrected chi connectivity index (χ1v) is 10.6. The molecule has 0 bridgehead atoms. The molecular formula is C16H23BrN4O3S. The zero-order chi connectivity index (χ0) is 18.4. The predicted octanol–water partition coefficient (Wildman–Crippen LogP) is 0.760. The van der Waals surface area contributed by atoms with Crippen LogP contribution < -0.4 is 10.6 Å². The number of aliphatic imine (C=N–C) groups is 1. The van der Waals surface area contributed by atoms with Crippen LogP contribution in [0, 0.1) is 0 Å². The lowest BCUT2D eigenvalue weighted by Gasteiger charge is -2.18. The number of amides is 1. The lowest BCUT2D eigenvalue weighted by Crippen LogP contribution is -2.47. The third kappa shape index (κ3) is 6.66. The summed E-state index contributed by atoms with van der Waals surface area (Å²) in [5, 5.41) is 6.11. The molecule has 7 nitrogen and oxygen atoms in total. The smallest absolute Gasteiger partial charge is 0.241 e. The highest BCUT2D eigenvalue weighted by molar-refractivity contribution is 9.10. The Balaban J connectivity index is 2.03. The van der Waals surface area contributed by atoms with Crippen molar-refractivity contribution in [2.45, 2.75) is 19.0 Å². The quantitative estimate of drug-likeness (QED) is 0.531. The van der Waals surface area contributed by atoms with Crippen molar-refractivity contribution in [2.75, 3.05) is 32.1 Å². The minimum Gasteiger partial charge on any atom is -0.353 e. The molecule has 0 spiro atoms. The molecule has 1 aromatic rings. The van der Waals surface area contributed by atoms with E-state index >= 15 is 0 Å². The van der Waals surface area contributed by atoms with E-state index in [2.05, 4.69) is 31.6 Å². The van der Waals surface area contributed by atoms with E-state index in [1.165, 1.54) is 4.90 Å². The first kappa shape index (κ1) is 19.7. The van der Waals surface area contributed by atoms with Gasteiger partial charge in [-0.2, -0.15) is 0 Å². The number of benzene rings is 1. The Morgan fingerprint density at radius 2 is 2.00 bits per heavy atom. The summed E-state index contributed by atoms with van der Waals surface area (Å²) in [6.45, 7) is 0.525. The van der Waals surface area contributed by atoms with Crippen LogP contribution in [-0.2, 0) is 21.2 Å². The van der Waals surface area contributed by atoms with E-state index < -0.39 is 9.84 Å². The molecule has 1 amide bonds. The average Bonchev–Trinajstić information content (AvgIpc) is 2.89. The fraction of sp³-hybridized carbons (Fsp3) is 0.500. The molecule has 1 aliphatic heterocycles. The second-order valence-corrected chi connectivity index (χ2v) is 9.32. The Kier molecular flexibility index (Phi) is 6.83. The number of carbonyl (C=O) groups is 1. The number of hydrogen-bond acceptors (Lipinski definition) is 4. The molecule has 1 saturated heterocycles. The van der Waals surface area contributed by atoms with Crippen molar-refractivity contribution in [1.29, 1.82) is 0 Å². The van der Waals surface area contributed by atoms with Crippen molar-refractivity contribution in [3.8, 4) is 0 Å². The summed E-state index contributed by atoms with van der Waals surface area (Å²) < 4.78 is 24.2. The van der Waals surface area contributed by atoms with Crippen LogP contribution in [0.2, 0.25) is 0 Å². The van der Waals surface area contributed by atoms with E-state index in [0.717, 1.165) is 10.0 Å². The van der Waals surface area contributed by atoms with Crippen molar-refractivity contribution in [3.63, 3.8) is 0 Å². The fourth-order valence-corrected chi connectivity index (χ4v) is 4.27. The molecule has 1 fully saturated rings. The Hall–Kier alpha value is -1.61. The fourth-order valence-electron chi connectivity index (χ4n) is 2.33. The van der Waals surface area contributed by atoms with Gasteiger partial charge in [0.25, 0.3) is 0 Å². The summed E-state index contributed by atoms with van der Waals surface area (Å²) >= 11 is 3.39. The molecule has 25 heavy (non-hydrogen) atoms. The molecule has 1 unspecified atom stereocenters. The maximum atomic E-state index is 11.8. The van der Waals surface area contributed by atoms with E-state index in [0.29, 0.717) is 18.9 Å². The number of halogens is 1. The Labute approximate surface area is 156 Å². The summed E-state index contributed by atoms with van der Waals surface area (Å²) in [5.41, 5.74) is 1.02. The molecule has 2 N–H and O–H groups in total. The Morgan fingerprint density at radius 3 is 2.56 bits per heavy atom. The van der Waals surface area contributed by atoms with Crippen molar-refractivity contribution >= 4 is 37.6 Å². The van der Waals surface area contributed by atoms with Gasteiger partial charge in [-0.05, 0) is 24.1 Å². The van der Waals surface area contributed by atoms with E-state index in [-0.39, 0.29) is 30.0 Å². The lowest BCUT2D eigenvalue weighted by atomic mass is 10.2. The number of sulfone groups is 1. The molecule has 0 radical (unpaired) electrons. The van der Waals surface area contributed by atoms with Gasteiger partial charge in [-0.3, -0.25) is 4.79 Å². The van der Waals surface area contributed by atoms with E-state index in [4.69, 9.17) is 0 Å². The number of carbonyl (C=O) groups excluding carboxylic acids is 1. The standard InChI is InChI=1S/C16H23BrN4O3S/c1-21(2)15(22)10-19-16(20-14-7-8-25(23,24)11-14)18-9-12-3-5-13(17)6-4-12/h3-6,14H,7-11H2,1-2H3,(H2,18,19,20). The molecule has 1 atom stereocenters. The summed E-state index contributed by atoms with van der Waals surface area (Å²) in [6, 6.07) is 7.59. The van der Waals surface area contributed by atoms with Gasteiger partial charge in [0.05, 0.1) is 24.6 Å². The molecule has 1 heterocycles. The van der Waals surface area contributed by atoms with Crippen LogP contribution in [-0.4, -0.2) is 63.4 Å². The van der Waals surface area contributed by atoms with Crippen LogP contribution in [0.1, 0.15) is 12.0 Å². The lowest BCUT2D eigenvalue weighted by molar-refractivity contribution is -0.127. The number of rotatable bonds is 5. The van der Waals surface area contributed by atoms with Crippen molar-refractivity contribution in [3.05, 3.63) is 34.3 Å². The molecule has 138 valence electrons. The topological polar surface area (TPSA) is 90.9 Å². The minimum atomic E-state index is -2.98. The van der Waals surface area contributed by atoms with Gasteiger partial charge in [0, 0.05) is 24.6 Å². The number of likely N-dealkylation sites (N-methyl/N-ethyl adjacent to an activating group) is 1. The van der Waals surface area contributed by atoms with E-state index in [1.54, 1.807) is 14.1 Å². The van der Waals surface area contributed by atoms with Crippen LogP contribution in [0.5, 0.6) is 0 Å². The van der Waals surface area contributed by atoms with Crippen molar-refractivity contribution in [2.24, 2.45) is 4.99 Å². The SMILES string of the molecule is CN(C)C(=O)CNC(=NCc1ccc(Br)cc1)NC1CCS(=O)(=O)C1. The zero-order valence-corrected chi connectivity index (χ0v) is 16.7. The Bertz CT molecular complexity index is 732. The highest BCUT2D eigenvalue weighted by atomic mass is 79.9. The Morgan fingerprint density at radius 1 is 1.32 bits per heavy atom. The largest absolute Gasteiger partial charge is 0.353 e. The van der Waals surface area contributed by atoms with Gasteiger partial charge in [-0.25, -0.2) is 13.4 Å². The normalized spacial score (nSPS) is 19.5.